The number of benzene rings is 2. The number of para-hydroxylation sites is 1. The summed E-state index contributed by atoms with van der Waals surface area (Å²) < 4.78 is 6.12. The van der Waals surface area contributed by atoms with Gasteiger partial charge in [-0.15, -0.1) is 0 Å². The second-order valence-electron chi connectivity index (χ2n) is 10.0. The molecule has 0 atom stereocenters. The molecule has 2 heterocycles. The maximum Gasteiger partial charge on any atom is 0.267 e. The highest BCUT2D eigenvalue weighted by Crippen LogP contribution is 2.24. The van der Waals surface area contributed by atoms with E-state index in [4.69, 9.17) is 9.94 Å². The second kappa shape index (κ2) is 13.8. The molecule has 4 rings (SSSR count). The fourth-order valence-corrected chi connectivity index (χ4v) is 5.03. The second-order valence-corrected chi connectivity index (χ2v) is 10.0. The van der Waals surface area contributed by atoms with Crippen molar-refractivity contribution in [2.75, 3.05) is 32.8 Å². The van der Waals surface area contributed by atoms with Crippen molar-refractivity contribution in [2.45, 2.75) is 32.7 Å². The highest BCUT2D eigenvalue weighted by atomic mass is 16.5. The van der Waals surface area contributed by atoms with Crippen molar-refractivity contribution in [3.8, 4) is 0 Å². The number of nitrogens with one attached hydrogen (secondary N) is 2. The van der Waals surface area contributed by atoms with Crippen molar-refractivity contribution < 1.29 is 19.5 Å². The monoisotopic (exact) mass is 530 g/mol. The van der Waals surface area contributed by atoms with Gasteiger partial charge in [0, 0.05) is 68.7 Å². The van der Waals surface area contributed by atoms with Gasteiger partial charge in [-0.2, -0.15) is 0 Å². The average molecular weight is 531 g/mol. The summed E-state index contributed by atoms with van der Waals surface area (Å²) in [6.45, 7) is 10.3. The first-order valence-corrected chi connectivity index (χ1v) is 13.5. The zero-order chi connectivity index (χ0) is 27.6. The summed E-state index contributed by atoms with van der Waals surface area (Å²) in [7, 11) is 0. The summed E-state index contributed by atoms with van der Waals surface area (Å²) in [6, 6.07) is 16.4. The Morgan fingerprint density at radius 2 is 1.90 bits per heavy atom. The normalized spacial score (nSPS) is 14.3. The number of hydroxylamine groups is 1. The molecule has 0 unspecified atom stereocenters. The van der Waals surface area contributed by atoms with E-state index < -0.39 is 5.91 Å². The number of fused-ring (bicyclic) bond motifs is 1. The van der Waals surface area contributed by atoms with E-state index in [0.717, 1.165) is 74.4 Å². The number of carbonyl (C=O) groups excluding carboxylic acids is 2. The molecule has 0 saturated carbocycles. The molecule has 1 aliphatic rings. The molecule has 0 radical (unpaired) electrons. The van der Waals surface area contributed by atoms with E-state index in [-0.39, 0.29) is 11.8 Å². The molecule has 1 fully saturated rings. The number of H-pyrrole nitrogens is 1. The van der Waals surface area contributed by atoms with Crippen LogP contribution in [0.25, 0.3) is 17.0 Å². The van der Waals surface area contributed by atoms with Crippen LogP contribution in [0.15, 0.2) is 73.1 Å². The largest absolute Gasteiger partial charge is 0.497 e. The third-order valence-corrected chi connectivity index (χ3v) is 7.39. The van der Waals surface area contributed by atoms with Crippen LogP contribution in [0.3, 0.4) is 0 Å². The van der Waals surface area contributed by atoms with E-state index in [1.165, 1.54) is 17.0 Å². The van der Waals surface area contributed by atoms with Crippen molar-refractivity contribution in [2.24, 2.45) is 5.92 Å². The van der Waals surface area contributed by atoms with Gasteiger partial charge in [0.15, 0.2) is 0 Å². The number of nitrogens with zero attached hydrogens (tertiary/aromatic N) is 2. The van der Waals surface area contributed by atoms with E-state index in [9.17, 15) is 9.59 Å². The Labute approximate surface area is 229 Å². The quantitative estimate of drug-likeness (QED) is 0.138. The van der Waals surface area contributed by atoms with Crippen molar-refractivity contribution in [1.82, 2.24) is 20.3 Å². The van der Waals surface area contributed by atoms with Crippen LogP contribution in [-0.4, -0.2) is 64.6 Å². The molecular formula is C31H38N4O4. The van der Waals surface area contributed by atoms with Gasteiger partial charge in [-0.25, -0.2) is 5.48 Å². The van der Waals surface area contributed by atoms with Crippen LogP contribution in [0.2, 0.25) is 0 Å². The lowest BCUT2D eigenvalue weighted by Gasteiger charge is -2.32. The Balaban J connectivity index is 1.35. The number of hydrogen-bond acceptors (Lipinski definition) is 5. The molecule has 0 spiro atoms. The number of aromatic nitrogens is 1. The molecule has 2 amide bonds. The fraction of sp³-hybridized carbons (Fsp3) is 0.355. The van der Waals surface area contributed by atoms with Gasteiger partial charge in [0.05, 0.1) is 5.76 Å². The van der Waals surface area contributed by atoms with Gasteiger partial charge in [0.25, 0.3) is 5.91 Å². The van der Waals surface area contributed by atoms with Gasteiger partial charge in [-0.1, -0.05) is 49.0 Å². The third kappa shape index (κ3) is 8.05. The first kappa shape index (κ1) is 28.1. The summed E-state index contributed by atoms with van der Waals surface area (Å²) >= 11 is 0. The number of hydrogen-bond donors (Lipinski definition) is 3. The smallest absolute Gasteiger partial charge is 0.267 e. The zero-order valence-corrected chi connectivity index (χ0v) is 22.6. The number of aromatic amines is 1. The summed E-state index contributed by atoms with van der Waals surface area (Å²) in [5.74, 6) is 0.672. The third-order valence-electron chi connectivity index (χ3n) is 7.39. The number of rotatable bonds is 12. The van der Waals surface area contributed by atoms with Gasteiger partial charge in [0.1, 0.15) is 6.61 Å². The molecule has 1 aliphatic heterocycles. The number of likely N-dealkylation sites (tertiary alicyclic amines) is 1. The van der Waals surface area contributed by atoms with Crippen molar-refractivity contribution in [3.05, 3.63) is 89.8 Å². The van der Waals surface area contributed by atoms with Gasteiger partial charge in [-0.05, 0) is 48.1 Å². The number of amides is 2. The Hall–Kier alpha value is -3.88. The first-order chi connectivity index (χ1) is 18.9. The Morgan fingerprint density at radius 1 is 1.15 bits per heavy atom. The molecule has 8 heteroatoms. The van der Waals surface area contributed by atoms with Crippen LogP contribution in [0.1, 0.15) is 36.5 Å². The van der Waals surface area contributed by atoms with E-state index in [0.29, 0.717) is 6.61 Å². The maximum absolute atomic E-state index is 11.6. The predicted octanol–water partition coefficient (Wildman–Crippen LogP) is 4.52. The average Bonchev–Trinajstić information content (AvgIpc) is 3.38. The Kier molecular flexibility index (Phi) is 9.94. The standard InChI is InChI=1S/C31H38N4O4/c1-23(27-14-17-35(18-15-27)24(2)36)39-20-19-34(16-13-28-21-32-30-6-4-3-5-29(28)30)22-26-9-7-25(8-10-26)11-12-31(37)33-38/h3-12,21,27,32,38H,1,13-20,22H2,2H3,(H,33,37)/b12-11+. The van der Waals surface area contributed by atoms with Gasteiger partial charge < -0.3 is 14.6 Å². The molecule has 0 bridgehead atoms. The van der Waals surface area contributed by atoms with Crippen LogP contribution >= 0.6 is 0 Å². The van der Waals surface area contributed by atoms with E-state index in [1.807, 2.05) is 23.1 Å². The number of piperidine rings is 1. The zero-order valence-electron chi connectivity index (χ0n) is 22.6. The topological polar surface area (TPSA) is 97.9 Å². The lowest BCUT2D eigenvalue weighted by molar-refractivity contribution is -0.130. The van der Waals surface area contributed by atoms with Crippen molar-refractivity contribution in [1.29, 1.82) is 0 Å². The highest BCUT2D eigenvalue weighted by Gasteiger charge is 2.23. The molecule has 1 aromatic heterocycles. The van der Waals surface area contributed by atoms with Crippen LogP contribution in [-0.2, 0) is 27.3 Å². The first-order valence-electron chi connectivity index (χ1n) is 13.5. The molecule has 206 valence electrons. The lowest BCUT2D eigenvalue weighted by atomic mass is 9.95. The molecule has 3 N–H and O–H groups in total. The molecule has 0 aliphatic carbocycles. The molecular weight excluding hydrogens is 492 g/mol. The molecule has 1 saturated heterocycles. The SMILES string of the molecule is C=C(OCCN(CCc1c[nH]c2ccccc12)Cc1ccc(/C=C/C(=O)NO)cc1)C1CCN(C(C)=O)CC1. The molecule has 2 aromatic carbocycles. The summed E-state index contributed by atoms with van der Waals surface area (Å²) in [6.07, 6.45) is 7.73. The van der Waals surface area contributed by atoms with Crippen molar-refractivity contribution >= 4 is 28.8 Å². The van der Waals surface area contributed by atoms with Gasteiger partial charge in [0.2, 0.25) is 5.91 Å². The minimum Gasteiger partial charge on any atom is -0.497 e. The van der Waals surface area contributed by atoms with Crippen LogP contribution in [0.5, 0.6) is 0 Å². The van der Waals surface area contributed by atoms with Crippen LogP contribution in [0, 0.1) is 5.92 Å². The van der Waals surface area contributed by atoms with Gasteiger partial charge in [-0.3, -0.25) is 19.7 Å². The minimum atomic E-state index is -0.562. The van der Waals surface area contributed by atoms with Crippen LogP contribution in [0.4, 0.5) is 0 Å². The Bertz CT molecular complexity index is 1290. The fourth-order valence-electron chi connectivity index (χ4n) is 5.03. The number of ether oxygens (including phenoxy) is 1. The van der Waals surface area contributed by atoms with Crippen molar-refractivity contribution in [3.63, 3.8) is 0 Å². The van der Waals surface area contributed by atoms with E-state index in [1.54, 1.807) is 18.5 Å². The van der Waals surface area contributed by atoms with Crippen LogP contribution < -0.4 is 5.48 Å². The lowest BCUT2D eigenvalue weighted by Crippen LogP contribution is -2.37. The minimum absolute atomic E-state index is 0.130. The maximum atomic E-state index is 11.6. The molecule has 39 heavy (non-hydrogen) atoms. The van der Waals surface area contributed by atoms with E-state index in [2.05, 4.69) is 53.0 Å². The summed E-state index contributed by atoms with van der Waals surface area (Å²) in [5.41, 5.74) is 6.07. The van der Waals surface area contributed by atoms with E-state index >= 15 is 0 Å². The predicted molar refractivity (Wildman–Crippen MR) is 153 cm³/mol. The summed E-state index contributed by atoms with van der Waals surface area (Å²) in [4.78, 5) is 30.5. The molecule has 3 aromatic rings. The van der Waals surface area contributed by atoms with Gasteiger partial charge >= 0.3 is 0 Å². The molecule has 8 nitrogen and oxygen atoms in total. The number of allylic oxidation sites excluding steroid dienone is 1. The highest BCUT2D eigenvalue weighted by molar-refractivity contribution is 5.90. The number of carbonyl (C=O) groups is 2. The Morgan fingerprint density at radius 3 is 2.62 bits per heavy atom. The summed E-state index contributed by atoms with van der Waals surface area (Å²) in [5, 5.41) is 9.91.